The highest BCUT2D eigenvalue weighted by Crippen LogP contribution is 2.21. The number of methoxy groups -OCH3 is 1. The van der Waals surface area contributed by atoms with E-state index in [-0.39, 0.29) is 5.97 Å². The molecular weight excluding hydrogens is 264 g/mol. The molecule has 0 radical (unpaired) electrons. The van der Waals surface area contributed by atoms with E-state index in [2.05, 4.69) is 17.9 Å². The number of hydrogen-bond acceptors (Lipinski definition) is 4. The van der Waals surface area contributed by atoms with Crippen LogP contribution in [0.4, 0.5) is 0 Å². The number of piperidine rings is 1. The van der Waals surface area contributed by atoms with Crippen LogP contribution < -0.4 is 5.73 Å². The van der Waals surface area contributed by atoms with E-state index in [1.807, 2.05) is 18.2 Å². The van der Waals surface area contributed by atoms with Gasteiger partial charge in [-0.05, 0) is 30.0 Å². The van der Waals surface area contributed by atoms with Crippen LogP contribution in [-0.4, -0.2) is 37.1 Å². The summed E-state index contributed by atoms with van der Waals surface area (Å²) in [5.41, 5.74) is 8.45. The van der Waals surface area contributed by atoms with Gasteiger partial charge in [-0.15, -0.1) is 0 Å². The van der Waals surface area contributed by atoms with Crippen molar-refractivity contribution < 1.29 is 9.53 Å². The molecule has 1 aliphatic rings. The predicted octanol–water partition coefficient (Wildman–Crippen LogP) is 1.96. The standard InChI is InChI=1S/C17H26N2O2/c1-3-13-11-19(9-8-16(13)18)12-15-7-5-4-6-14(15)10-17(20)21-2/h4-7,13,16H,3,8-12,18H2,1-2H3. The lowest BCUT2D eigenvalue weighted by Gasteiger charge is -2.36. The van der Waals surface area contributed by atoms with E-state index >= 15 is 0 Å². The molecule has 1 aromatic carbocycles. The first-order valence-corrected chi connectivity index (χ1v) is 7.75. The first-order valence-electron chi connectivity index (χ1n) is 7.75. The molecule has 1 aliphatic heterocycles. The molecule has 1 fully saturated rings. The van der Waals surface area contributed by atoms with Crippen LogP contribution >= 0.6 is 0 Å². The van der Waals surface area contributed by atoms with E-state index in [4.69, 9.17) is 10.5 Å². The number of nitrogens with zero attached hydrogens (tertiary/aromatic N) is 1. The van der Waals surface area contributed by atoms with Gasteiger partial charge in [-0.1, -0.05) is 37.6 Å². The zero-order chi connectivity index (χ0) is 15.2. The summed E-state index contributed by atoms with van der Waals surface area (Å²) in [7, 11) is 1.43. The maximum atomic E-state index is 11.5. The van der Waals surface area contributed by atoms with Crippen LogP contribution in [0.25, 0.3) is 0 Å². The topological polar surface area (TPSA) is 55.6 Å². The van der Waals surface area contributed by atoms with E-state index in [9.17, 15) is 4.79 Å². The van der Waals surface area contributed by atoms with Gasteiger partial charge in [0.1, 0.15) is 0 Å². The Morgan fingerprint density at radius 3 is 2.76 bits per heavy atom. The molecule has 0 aromatic heterocycles. The molecule has 2 unspecified atom stereocenters. The van der Waals surface area contributed by atoms with Crippen molar-refractivity contribution in [3.05, 3.63) is 35.4 Å². The number of esters is 1. The van der Waals surface area contributed by atoms with E-state index < -0.39 is 0 Å². The number of hydrogen-bond donors (Lipinski definition) is 1. The third-order valence-electron chi connectivity index (χ3n) is 4.48. The van der Waals surface area contributed by atoms with Crippen molar-refractivity contribution in [2.24, 2.45) is 11.7 Å². The summed E-state index contributed by atoms with van der Waals surface area (Å²) in [4.78, 5) is 14.0. The number of ether oxygens (including phenoxy) is 1. The Hall–Kier alpha value is -1.39. The second kappa shape index (κ2) is 7.57. The molecule has 0 saturated carbocycles. The Balaban J connectivity index is 2.04. The summed E-state index contributed by atoms with van der Waals surface area (Å²) >= 11 is 0. The molecular formula is C17H26N2O2. The lowest BCUT2D eigenvalue weighted by molar-refractivity contribution is -0.139. The van der Waals surface area contributed by atoms with Gasteiger partial charge in [0.2, 0.25) is 0 Å². The molecule has 4 nitrogen and oxygen atoms in total. The minimum absolute atomic E-state index is 0.186. The minimum atomic E-state index is -0.186. The zero-order valence-electron chi connectivity index (χ0n) is 13.0. The first kappa shape index (κ1) is 16.0. The molecule has 0 aliphatic carbocycles. The summed E-state index contributed by atoms with van der Waals surface area (Å²) in [6.45, 7) is 5.17. The maximum absolute atomic E-state index is 11.5. The van der Waals surface area contributed by atoms with Crippen LogP contribution in [0.3, 0.4) is 0 Å². The van der Waals surface area contributed by atoms with Crippen molar-refractivity contribution in [1.82, 2.24) is 4.90 Å². The predicted molar refractivity (Wildman–Crippen MR) is 83.8 cm³/mol. The highest BCUT2D eigenvalue weighted by atomic mass is 16.5. The largest absolute Gasteiger partial charge is 0.469 e. The highest BCUT2D eigenvalue weighted by Gasteiger charge is 2.25. The Bertz CT molecular complexity index is 476. The average Bonchev–Trinajstić information content (AvgIpc) is 2.51. The molecule has 21 heavy (non-hydrogen) atoms. The third-order valence-corrected chi connectivity index (χ3v) is 4.48. The number of carbonyl (C=O) groups excluding carboxylic acids is 1. The van der Waals surface area contributed by atoms with Gasteiger partial charge in [-0.2, -0.15) is 0 Å². The van der Waals surface area contributed by atoms with Gasteiger partial charge in [-0.3, -0.25) is 9.69 Å². The monoisotopic (exact) mass is 290 g/mol. The van der Waals surface area contributed by atoms with Gasteiger partial charge in [0.05, 0.1) is 13.5 Å². The smallest absolute Gasteiger partial charge is 0.309 e. The van der Waals surface area contributed by atoms with Gasteiger partial charge in [0, 0.05) is 19.1 Å². The van der Waals surface area contributed by atoms with Crippen LogP contribution in [0, 0.1) is 5.92 Å². The first-order chi connectivity index (χ1) is 10.1. The van der Waals surface area contributed by atoms with Crippen molar-refractivity contribution in [2.45, 2.75) is 38.8 Å². The quantitative estimate of drug-likeness (QED) is 0.842. The molecule has 1 saturated heterocycles. The molecule has 116 valence electrons. The Morgan fingerprint density at radius 2 is 2.10 bits per heavy atom. The number of benzene rings is 1. The van der Waals surface area contributed by atoms with Crippen LogP contribution in [0.15, 0.2) is 24.3 Å². The van der Waals surface area contributed by atoms with Gasteiger partial charge in [0.25, 0.3) is 0 Å². The van der Waals surface area contributed by atoms with Crippen molar-refractivity contribution >= 4 is 5.97 Å². The fourth-order valence-corrected chi connectivity index (χ4v) is 3.05. The summed E-state index contributed by atoms with van der Waals surface area (Å²) in [6, 6.07) is 8.45. The number of likely N-dealkylation sites (tertiary alicyclic amines) is 1. The zero-order valence-corrected chi connectivity index (χ0v) is 13.0. The summed E-state index contributed by atoms with van der Waals surface area (Å²) in [5.74, 6) is 0.390. The van der Waals surface area contributed by atoms with Crippen molar-refractivity contribution in [3.63, 3.8) is 0 Å². The lowest BCUT2D eigenvalue weighted by Crippen LogP contribution is -2.46. The molecule has 4 heteroatoms. The third kappa shape index (κ3) is 4.29. The molecule has 2 atom stereocenters. The number of rotatable bonds is 5. The van der Waals surface area contributed by atoms with Crippen LogP contribution in [0.2, 0.25) is 0 Å². The van der Waals surface area contributed by atoms with Crippen LogP contribution in [0.5, 0.6) is 0 Å². The number of nitrogens with two attached hydrogens (primary N) is 1. The second-order valence-electron chi connectivity index (χ2n) is 5.88. The van der Waals surface area contributed by atoms with Crippen molar-refractivity contribution in [2.75, 3.05) is 20.2 Å². The fraction of sp³-hybridized carbons (Fsp3) is 0.588. The van der Waals surface area contributed by atoms with Crippen molar-refractivity contribution in [3.8, 4) is 0 Å². The van der Waals surface area contributed by atoms with Gasteiger partial charge < -0.3 is 10.5 Å². The lowest BCUT2D eigenvalue weighted by atomic mass is 9.90. The molecule has 0 amide bonds. The van der Waals surface area contributed by atoms with Gasteiger partial charge in [0.15, 0.2) is 0 Å². The van der Waals surface area contributed by atoms with Crippen LogP contribution in [-0.2, 0) is 22.5 Å². The summed E-state index contributed by atoms with van der Waals surface area (Å²) < 4.78 is 4.78. The maximum Gasteiger partial charge on any atom is 0.309 e. The Labute approximate surface area is 127 Å². The normalized spacial score (nSPS) is 23.0. The number of carbonyl (C=O) groups is 1. The van der Waals surface area contributed by atoms with Gasteiger partial charge in [-0.25, -0.2) is 0 Å². The van der Waals surface area contributed by atoms with E-state index in [1.165, 1.54) is 12.7 Å². The molecule has 2 N–H and O–H groups in total. The Morgan fingerprint density at radius 1 is 1.38 bits per heavy atom. The summed E-state index contributed by atoms with van der Waals surface area (Å²) in [6.07, 6.45) is 2.52. The van der Waals surface area contributed by atoms with Crippen LogP contribution in [0.1, 0.15) is 30.9 Å². The van der Waals surface area contributed by atoms with E-state index in [0.717, 1.165) is 38.0 Å². The molecule has 2 rings (SSSR count). The van der Waals surface area contributed by atoms with E-state index in [0.29, 0.717) is 18.4 Å². The molecule has 0 bridgehead atoms. The second-order valence-corrected chi connectivity index (χ2v) is 5.88. The summed E-state index contributed by atoms with van der Waals surface area (Å²) in [5, 5.41) is 0. The average molecular weight is 290 g/mol. The fourth-order valence-electron chi connectivity index (χ4n) is 3.05. The highest BCUT2D eigenvalue weighted by molar-refractivity contribution is 5.72. The molecule has 1 heterocycles. The van der Waals surface area contributed by atoms with Gasteiger partial charge >= 0.3 is 5.97 Å². The Kier molecular flexibility index (Phi) is 5.76. The SMILES string of the molecule is CCC1CN(Cc2ccccc2CC(=O)OC)CCC1N. The molecule has 0 spiro atoms. The minimum Gasteiger partial charge on any atom is -0.469 e. The van der Waals surface area contributed by atoms with E-state index in [1.54, 1.807) is 0 Å². The molecule has 1 aromatic rings. The van der Waals surface area contributed by atoms with Crippen molar-refractivity contribution in [1.29, 1.82) is 0 Å².